The van der Waals surface area contributed by atoms with Crippen LogP contribution in [0.4, 0.5) is 4.39 Å². The molecular formula is C18H24FNO. The lowest BCUT2D eigenvalue weighted by Gasteiger charge is -2.27. The lowest BCUT2D eigenvalue weighted by Crippen LogP contribution is -2.39. The summed E-state index contributed by atoms with van der Waals surface area (Å²) in [5.74, 6) is -0.411. The summed E-state index contributed by atoms with van der Waals surface area (Å²) in [6, 6.07) is 6.49. The maximum atomic E-state index is 13.3. The van der Waals surface area contributed by atoms with Crippen LogP contribution in [0.5, 0.6) is 0 Å². The maximum absolute atomic E-state index is 13.3. The lowest BCUT2D eigenvalue weighted by molar-refractivity contribution is -0.125. The van der Waals surface area contributed by atoms with Crippen molar-refractivity contribution in [2.75, 3.05) is 6.54 Å². The SMILES string of the molecule is C=CCC(CC=C)C(=O)NCC(C)(C)c1cccc(F)c1. The van der Waals surface area contributed by atoms with E-state index in [4.69, 9.17) is 0 Å². The largest absolute Gasteiger partial charge is 0.355 e. The van der Waals surface area contributed by atoms with Crippen molar-refractivity contribution < 1.29 is 9.18 Å². The van der Waals surface area contributed by atoms with Crippen molar-refractivity contribution in [2.24, 2.45) is 5.92 Å². The molecule has 0 aliphatic rings. The molecule has 0 aromatic heterocycles. The minimum atomic E-state index is -0.329. The summed E-state index contributed by atoms with van der Waals surface area (Å²) in [6.45, 7) is 11.8. The van der Waals surface area contributed by atoms with Crippen LogP contribution >= 0.6 is 0 Å². The Balaban J connectivity index is 2.69. The van der Waals surface area contributed by atoms with Gasteiger partial charge in [0.25, 0.3) is 0 Å². The number of carbonyl (C=O) groups is 1. The number of allylic oxidation sites excluding steroid dienone is 2. The summed E-state index contributed by atoms with van der Waals surface area (Å²) in [5, 5.41) is 2.95. The van der Waals surface area contributed by atoms with E-state index in [0.717, 1.165) is 5.56 Å². The van der Waals surface area contributed by atoms with Crippen LogP contribution in [0.25, 0.3) is 0 Å². The molecule has 0 bridgehead atoms. The van der Waals surface area contributed by atoms with Gasteiger partial charge in [-0.1, -0.05) is 38.1 Å². The molecule has 0 atom stereocenters. The number of hydrogen-bond donors (Lipinski definition) is 1. The van der Waals surface area contributed by atoms with Crippen LogP contribution in [0.2, 0.25) is 0 Å². The number of benzene rings is 1. The highest BCUT2D eigenvalue weighted by Crippen LogP contribution is 2.23. The minimum absolute atomic E-state index is 0.0146. The Morgan fingerprint density at radius 2 is 1.95 bits per heavy atom. The van der Waals surface area contributed by atoms with Crippen molar-refractivity contribution in [1.82, 2.24) is 5.32 Å². The van der Waals surface area contributed by atoms with Gasteiger partial charge in [-0.15, -0.1) is 13.2 Å². The predicted molar refractivity (Wildman–Crippen MR) is 85.6 cm³/mol. The van der Waals surface area contributed by atoms with Gasteiger partial charge < -0.3 is 5.32 Å². The molecule has 3 heteroatoms. The molecule has 1 amide bonds. The van der Waals surface area contributed by atoms with E-state index in [1.165, 1.54) is 12.1 Å². The van der Waals surface area contributed by atoms with E-state index in [0.29, 0.717) is 19.4 Å². The number of hydrogen-bond acceptors (Lipinski definition) is 1. The average Bonchev–Trinajstić information content (AvgIpc) is 2.44. The summed E-state index contributed by atoms with van der Waals surface area (Å²) >= 11 is 0. The quantitative estimate of drug-likeness (QED) is 0.720. The van der Waals surface area contributed by atoms with E-state index in [1.54, 1.807) is 18.2 Å². The van der Waals surface area contributed by atoms with Crippen LogP contribution in [-0.2, 0) is 10.2 Å². The Morgan fingerprint density at radius 3 is 2.48 bits per heavy atom. The number of nitrogens with one attached hydrogen (secondary N) is 1. The zero-order valence-corrected chi connectivity index (χ0v) is 12.9. The fourth-order valence-corrected chi connectivity index (χ4v) is 2.18. The van der Waals surface area contributed by atoms with Crippen LogP contribution in [0.15, 0.2) is 49.6 Å². The Labute approximate surface area is 126 Å². The number of rotatable bonds is 8. The molecule has 0 heterocycles. The molecule has 2 nitrogen and oxygen atoms in total. The first-order chi connectivity index (χ1) is 9.90. The first-order valence-electron chi connectivity index (χ1n) is 7.16. The second-order valence-electron chi connectivity index (χ2n) is 5.86. The molecule has 0 spiro atoms. The Hall–Kier alpha value is -1.90. The van der Waals surface area contributed by atoms with Gasteiger partial charge in [0, 0.05) is 17.9 Å². The fraction of sp³-hybridized carbons (Fsp3) is 0.389. The molecular weight excluding hydrogens is 265 g/mol. The van der Waals surface area contributed by atoms with Crippen molar-refractivity contribution in [3.05, 3.63) is 61.0 Å². The Kier molecular flexibility index (Phi) is 6.35. The van der Waals surface area contributed by atoms with Gasteiger partial charge in [0.2, 0.25) is 5.91 Å². The van der Waals surface area contributed by atoms with Gasteiger partial charge in [-0.3, -0.25) is 4.79 Å². The van der Waals surface area contributed by atoms with E-state index >= 15 is 0 Å². The Bertz CT molecular complexity index is 498. The molecule has 1 N–H and O–H groups in total. The van der Waals surface area contributed by atoms with Crippen LogP contribution in [0, 0.1) is 11.7 Å². The van der Waals surface area contributed by atoms with Crippen molar-refractivity contribution in [1.29, 1.82) is 0 Å². The lowest BCUT2D eigenvalue weighted by atomic mass is 9.84. The number of amides is 1. The number of halogens is 1. The molecule has 0 aliphatic heterocycles. The van der Waals surface area contributed by atoms with Gasteiger partial charge in [0.1, 0.15) is 5.82 Å². The smallest absolute Gasteiger partial charge is 0.223 e. The van der Waals surface area contributed by atoms with Gasteiger partial charge >= 0.3 is 0 Å². The highest BCUT2D eigenvalue weighted by atomic mass is 19.1. The minimum Gasteiger partial charge on any atom is -0.355 e. The normalized spacial score (nSPS) is 11.2. The molecule has 0 saturated carbocycles. The van der Waals surface area contributed by atoms with E-state index in [2.05, 4.69) is 18.5 Å². The van der Waals surface area contributed by atoms with Gasteiger partial charge in [-0.25, -0.2) is 4.39 Å². The summed E-state index contributed by atoms with van der Waals surface area (Å²) in [4.78, 5) is 12.2. The molecule has 1 rings (SSSR count). The van der Waals surface area contributed by atoms with Gasteiger partial charge in [-0.05, 0) is 30.5 Å². The van der Waals surface area contributed by atoms with E-state index < -0.39 is 0 Å². The summed E-state index contributed by atoms with van der Waals surface area (Å²) in [7, 11) is 0. The van der Waals surface area contributed by atoms with E-state index in [-0.39, 0.29) is 23.1 Å². The van der Waals surface area contributed by atoms with Crippen molar-refractivity contribution in [2.45, 2.75) is 32.1 Å². The second-order valence-corrected chi connectivity index (χ2v) is 5.86. The molecule has 1 aromatic carbocycles. The van der Waals surface area contributed by atoms with Gasteiger partial charge in [-0.2, -0.15) is 0 Å². The van der Waals surface area contributed by atoms with E-state index in [9.17, 15) is 9.18 Å². The molecule has 0 unspecified atom stereocenters. The first-order valence-corrected chi connectivity index (χ1v) is 7.16. The summed E-state index contributed by atoms with van der Waals surface area (Å²) in [6.07, 6.45) is 4.73. The van der Waals surface area contributed by atoms with Crippen molar-refractivity contribution in [3.63, 3.8) is 0 Å². The summed E-state index contributed by atoms with van der Waals surface area (Å²) < 4.78 is 13.3. The zero-order valence-electron chi connectivity index (χ0n) is 12.9. The molecule has 21 heavy (non-hydrogen) atoms. The van der Waals surface area contributed by atoms with Crippen LogP contribution < -0.4 is 5.32 Å². The number of carbonyl (C=O) groups excluding carboxylic acids is 1. The van der Waals surface area contributed by atoms with E-state index in [1.807, 2.05) is 19.9 Å². The highest BCUT2D eigenvalue weighted by molar-refractivity contribution is 5.79. The maximum Gasteiger partial charge on any atom is 0.223 e. The van der Waals surface area contributed by atoms with Crippen molar-refractivity contribution in [3.8, 4) is 0 Å². The van der Waals surface area contributed by atoms with Crippen LogP contribution in [-0.4, -0.2) is 12.5 Å². The molecule has 114 valence electrons. The topological polar surface area (TPSA) is 29.1 Å². The standard InChI is InChI=1S/C18H24FNO/c1-5-8-14(9-6-2)17(21)20-13-18(3,4)15-10-7-11-16(19)12-15/h5-7,10-12,14H,1-2,8-9,13H2,3-4H3,(H,20,21). The average molecular weight is 289 g/mol. The van der Waals surface area contributed by atoms with Crippen LogP contribution in [0.1, 0.15) is 32.3 Å². The Morgan fingerprint density at radius 1 is 1.33 bits per heavy atom. The third kappa shape index (κ3) is 5.18. The third-order valence-corrected chi connectivity index (χ3v) is 3.58. The molecule has 1 aromatic rings. The van der Waals surface area contributed by atoms with Crippen molar-refractivity contribution >= 4 is 5.91 Å². The molecule has 0 saturated heterocycles. The second kappa shape index (κ2) is 7.77. The van der Waals surface area contributed by atoms with Crippen LogP contribution in [0.3, 0.4) is 0 Å². The predicted octanol–water partition coefficient (Wildman–Crippen LogP) is 3.99. The first kappa shape index (κ1) is 17.2. The van der Waals surface area contributed by atoms with Gasteiger partial charge in [0.05, 0.1) is 0 Å². The highest BCUT2D eigenvalue weighted by Gasteiger charge is 2.23. The summed E-state index contributed by atoms with van der Waals surface area (Å²) in [5.41, 5.74) is 0.539. The molecule has 0 radical (unpaired) electrons. The molecule has 0 fully saturated rings. The molecule has 0 aliphatic carbocycles. The zero-order chi connectivity index (χ0) is 15.9. The third-order valence-electron chi connectivity index (χ3n) is 3.58. The van der Waals surface area contributed by atoms with Gasteiger partial charge in [0.15, 0.2) is 0 Å². The monoisotopic (exact) mass is 289 g/mol. The fourth-order valence-electron chi connectivity index (χ4n) is 2.18.